The Morgan fingerprint density at radius 2 is 2.07 bits per heavy atom. The highest BCUT2D eigenvalue weighted by Gasteiger charge is 2.18. The molecule has 0 aliphatic carbocycles. The molecule has 0 radical (unpaired) electrons. The molecule has 2 heterocycles. The molecule has 15 heavy (non-hydrogen) atoms. The molecule has 1 unspecified atom stereocenters. The zero-order chi connectivity index (χ0) is 11.0. The summed E-state index contributed by atoms with van der Waals surface area (Å²) in [5, 5.41) is 0.385. The van der Waals surface area contributed by atoms with E-state index in [1.54, 1.807) is 6.07 Å². The van der Waals surface area contributed by atoms with Crippen LogP contribution in [0.15, 0.2) is 27.1 Å². The fraction of sp³-hybridized carbons (Fsp3) is 0.111. The third-order valence-electron chi connectivity index (χ3n) is 1.76. The molecule has 0 amide bonds. The Hall–Kier alpha value is 0.520. The van der Waals surface area contributed by atoms with E-state index in [0.29, 0.717) is 5.22 Å². The summed E-state index contributed by atoms with van der Waals surface area (Å²) in [6.45, 7) is 0. The topological polar surface area (TPSA) is 13.1 Å². The van der Waals surface area contributed by atoms with Gasteiger partial charge in [-0.1, -0.05) is 27.5 Å². The van der Waals surface area contributed by atoms with E-state index in [9.17, 15) is 0 Å². The zero-order valence-corrected chi connectivity index (χ0v) is 12.6. The standard InChI is InChI=1S/C9H4Br2Cl2OS/c10-4-3-6(15-9(4)13)8(11)5-1-2-7(12)14-5/h1-3,8H. The highest BCUT2D eigenvalue weighted by molar-refractivity contribution is 9.10. The van der Waals surface area contributed by atoms with E-state index in [1.165, 1.54) is 11.3 Å². The van der Waals surface area contributed by atoms with Crippen molar-refractivity contribution in [2.24, 2.45) is 0 Å². The molecular weight excluding hydrogens is 387 g/mol. The fourth-order valence-electron chi connectivity index (χ4n) is 1.09. The maximum atomic E-state index is 5.96. The van der Waals surface area contributed by atoms with Gasteiger partial charge in [0.05, 0.1) is 0 Å². The van der Waals surface area contributed by atoms with Crippen molar-refractivity contribution in [3.8, 4) is 0 Å². The fourth-order valence-corrected chi connectivity index (χ4v) is 3.63. The molecule has 80 valence electrons. The average molecular weight is 391 g/mol. The van der Waals surface area contributed by atoms with E-state index in [4.69, 9.17) is 27.6 Å². The van der Waals surface area contributed by atoms with Crippen molar-refractivity contribution in [1.29, 1.82) is 0 Å². The number of halogens is 4. The lowest BCUT2D eigenvalue weighted by atomic mass is 10.3. The predicted octanol–water partition coefficient (Wildman–Crippen LogP) is 5.89. The molecule has 0 saturated heterocycles. The van der Waals surface area contributed by atoms with Crippen LogP contribution >= 0.6 is 66.4 Å². The first kappa shape index (κ1) is 12.0. The van der Waals surface area contributed by atoms with Gasteiger partial charge in [-0.15, -0.1) is 11.3 Å². The number of alkyl halides is 1. The molecule has 6 heteroatoms. The first-order valence-corrected chi connectivity index (χ1v) is 7.20. The van der Waals surface area contributed by atoms with Gasteiger partial charge in [0.1, 0.15) is 14.9 Å². The van der Waals surface area contributed by atoms with E-state index >= 15 is 0 Å². The molecule has 0 bridgehead atoms. The van der Waals surface area contributed by atoms with E-state index in [2.05, 4.69) is 31.9 Å². The highest BCUT2D eigenvalue weighted by atomic mass is 79.9. The third-order valence-corrected chi connectivity index (χ3v) is 5.75. The second kappa shape index (κ2) is 4.80. The lowest BCUT2D eigenvalue weighted by molar-refractivity contribution is 0.523. The van der Waals surface area contributed by atoms with Crippen LogP contribution in [0.2, 0.25) is 9.56 Å². The molecule has 1 nitrogen and oxygen atoms in total. The summed E-state index contributed by atoms with van der Waals surface area (Å²) in [6, 6.07) is 5.52. The molecular formula is C9H4Br2Cl2OS. The number of hydrogen-bond donors (Lipinski definition) is 0. The Bertz CT molecular complexity index is 461. The van der Waals surface area contributed by atoms with Gasteiger partial charge in [-0.25, -0.2) is 0 Å². The second-order valence-corrected chi connectivity index (χ2v) is 6.60. The van der Waals surface area contributed by atoms with E-state index in [1.807, 2.05) is 12.1 Å². The molecule has 0 aliphatic heterocycles. The Morgan fingerprint density at radius 1 is 1.33 bits per heavy atom. The lowest BCUT2D eigenvalue weighted by Gasteiger charge is -2.02. The van der Waals surface area contributed by atoms with Crippen molar-refractivity contribution in [3.63, 3.8) is 0 Å². The monoisotopic (exact) mass is 388 g/mol. The van der Waals surface area contributed by atoms with Crippen molar-refractivity contribution in [2.75, 3.05) is 0 Å². The quantitative estimate of drug-likeness (QED) is 0.582. The van der Waals surface area contributed by atoms with Gasteiger partial charge in [0, 0.05) is 9.35 Å². The summed E-state index contributed by atoms with van der Waals surface area (Å²) in [5.41, 5.74) is 0. The average Bonchev–Trinajstić information content (AvgIpc) is 2.74. The summed E-state index contributed by atoms with van der Waals surface area (Å²) in [4.78, 5) is 1.05. The van der Waals surface area contributed by atoms with Gasteiger partial charge < -0.3 is 4.42 Å². The smallest absolute Gasteiger partial charge is 0.193 e. The minimum absolute atomic E-state index is 0.0150. The van der Waals surface area contributed by atoms with Crippen LogP contribution in [0.4, 0.5) is 0 Å². The van der Waals surface area contributed by atoms with Gasteiger partial charge in [0.15, 0.2) is 5.22 Å². The van der Waals surface area contributed by atoms with Crippen molar-refractivity contribution < 1.29 is 4.42 Å². The molecule has 0 aromatic carbocycles. The molecule has 1 atom stereocenters. The van der Waals surface area contributed by atoms with Gasteiger partial charge >= 0.3 is 0 Å². The van der Waals surface area contributed by atoms with Gasteiger partial charge in [0.2, 0.25) is 0 Å². The van der Waals surface area contributed by atoms with Crippen molar-refractivity contribution in [1.82, 2.24) is 0 Å². The Morgan fingerprint density at radius 3 is 2.53 bits per heavy atom. The van der Waals surface area contributed by atoms with E-state index in [0.717, 1.165) is 19.4 Å². The molecule has 2 aromatic rings. The molecule has 0 spiro atoms. The van der Waals surface area contributed by atoms with Crippen LogP contribution in [0.5, 0.6) is 0 Å². The number of thiophene rings is 1. The second-order valence-electron chi connectivity index (χ2n) is 2.77. The maximum absolute atomic E-state index is 5.96. The lowest BCUT2D eigenvalue weighted by Crippen LogP contribution is -1.84. The number of furan rings is 1. The summed E-state index contributed by atoms with van der Waals surface area (Å²) < 4.78 is 6.94. The van der Waals surface area contributed by atoms with Crippen LogP contribution in [-0.4, -0.2) is 0 Å². The molecule has 2 aromatic heterocycles. The van der Waals surface area contributed by atoms with Gasteiger partial charge in [-0.05, 0) is 45.7 Å². The van der Waals surface area contributed by atoms with Crippen LogP contribution < -0.4 is 0 Å². The van der Waals surface area contributed by atoms with Crippen LogP contribution in [0.3, 0.4) is 0 Å². The largest absolute Gasteiger partial charge is 0.448 e. The molecule has 0 saturated carbocycles. The van der Waals surface area contributed by atoms with E-state index < -0.39 is 0 Å². The highest BCUT2D eigenvalue weighted by Crippen LogP contribution is 2.41. The van der Waals surface area contributed by atoms with Crippen LogP contribution in [0.1, 0.15) is 15.5 Å². The first-order valence-electron chi connectivity index (χ1n) is 3.92. The summed E-state index contributed by atoms with van der Waals surface area (Å²) in [6.07, 6.45) is 0. The van der Waals surface area contributed by atoms with Gasteiger partial charge in [-0.3, -0.25) is 0 Å². The maximum Gasteiger partial charge on any atom is 0.193 e. The molecule has 2 rings (SSSR count). The van der Waals surface area contributed by atoms with Crippen molar-refractivity contribution >= 4 is 66.4 Å². The third kappa shape index (κ3) is 2.61. The van der Waals surface area contributed by atoms with Crippen LogP contribution in [-0.2, 0) is 0 Å². The normalized spacial score (nSPS) is 13.1. The van der Waals surface area contributed by atoms with Crippen molar-refractivity contribution in [3.05, 3.63) is 42.9 Å². The summed E-state index contributed by atoms with van der Waals surface area (Å²) >= 11 is 20.1. The van der Waals surface area contributed by atoms with Crippen LogP contribution in [0.25, 0.3) is 0 Å². The molecule has 0 aliphatic rings. The Balaban J connectivity index is 2.31. The summed E-state index contributed by atoms with van der Waals surface area (Å²) in [5.74, 6) is 0.769. The number of hydrogen-bond acceptors (Lipinski definition) is 2. The summed E-state index contributed by atoms with van der Waals surface area (Å²) in [7, 11) is 0. The first-order chi connectivity index (χ1) is 7.08. The predicted molar refractivity (Wildman–Crippen MR) is 71.5 cm³/mol. The molecule has 0 fully saturated rings. The Labute approximate surface area is 118 Å². The minimum Gasteiger partial charge on any atom is -0.448 e. The molecule has 0 N–H and O–H groups in total. The minimum atomic E-state index is -0.0150. The Kier molecular flexibility index (Phi) is 3.83. The van der Waals surface area contributed by atoms with Crippen LogP contribution in [0, 0.1) is 0 Å². The zero-order valence-electron chi connectivity index (χ0n) is 7.14. The van der Waals surface area contributed by atoms with Gasteiger partial charge in [0.25, 0.3) is 0 Å². The van der Waals surface area contributed by atoms with E-state index in [-0.39, 0.29) is 4.83 Å². The van der Waals surface area contributed by atoms with Crippen molar-refractivity contribution in [2.45, 2.75) is 4.83 Å². The number of rotatable bonds is 2. The SMILES string of the molecule is Clc1ccc(C(Br)c2cc(Br)c(Cl)s2)o1. The van der Waals surface area contributed by atoms with Gasteiger partial charge in [-0.2, -0.15) is 0 Å².